The smallest absolute Gasteiger partial charge is 0.215 e. The maximum Gasteiger partial charge on any atom is 0.215 e. The van der Waals surface area contributed by atoms with Gasteiger partial charge in [0, 0.05) is 24.6 Å². The molecule has 0 fully saturated rings. The Kier molecular flexibility index (Phi) is 2.85. The maximum atomic E-state index is 5.75. The number of rotatable bonds is 3. The summed E-state index contributed by atoms with van der Waals surface area (Å²) in [6, 6.07) is 0. The van der Waals surface area contributed by atoms with Gasteiger partial charge in [-0.15, -0.1) is 0 Å². The summed E-state index contributed by atoms with van der Waals surface area (Å²) in [4.78, 5) is 0. The number of nitrogens with two attached hydrogens (primary N) is 1. The first-order valence-electron chi connectivity index (χ1n) is 4.72. The monoisotopic (exact) mass is 197 g/mol. The van der Waals surface area contributed by atoms with Gasteiger partial charge in [0.25, 0.3) is 0 Å². The molecule has 2 N–H and O–H groups in total. The summed E-state index contributed by atoms with van der Waals surface area (Å²) in [5, 5.41) is 4.33. The van der Waals surface area contributed by atoms with Crippen LogP contribution in [0.2, 0.25) is 0 Å². The molecule has 4 heteroatoms. The Morgan fingerprint density at radius 1 is 1.50 bits per heavy atom. The van der Waals surface area contributed by atoms with Crippen molar-refractivity contribution in [1.29, 1.82) is 0 Å². The van der Waals surface area contributed by atoms with Crippen molar-refractivity contribution >= 4 is 0 Å². The van der Waals surface area contributed by atoms with E-state index in [0.29, 0.717) is 6.54 Å². The van der Waals surface area contributed by atoms with Crippen molar-refractivity contribution in [2.75, 3.05) is 13.7 Å². The molecule has 80 valence electrons. The minimum absolute atomic E-state index is 0.0936. The summed E-state index contributed by atoms with van der Waals surface area (Å²) in [5.41, 5.74) is 7.74. The molecule has 0 aliphatic rings. The van der Waals surface area contributed by atoms with Gasteiger partial charge in [-0.05, 0) is 6.92 Å². The lowest BCUT2D eigenvalue weighted by atomic mass is 9.85. The van der Waals surface area contributed by atoms with Gasteiger partial charge in [0.15, 0.2) is 0 Å². The largest absolute Gasteiger partial charge is 0.481 e. The van der Waals surface area contributed by atoms with Crippen molar-refractivity contribution in [2.45, 2.75) is 26.2 Å². The van der Waals surface area contributed by atoms with Crippen LogP contribution in [0.3, 0.4) is 0 Å². The molecule has 0 saturated carbocycles. The zero-order valence-corrected chi connectivity index (χ0v) is 9.59. The topological polar surface area (TPSA) is 53.1 Å². The fourth-order valence-electron chi connectivity index (χ4n) is 1.75. The summed E-state index contributed by atoms with van der Waals surface area (Å²) in [6.45, 7) is 6.75. The van der Waals surface area contributed by atoms with E-state index >= 15 is 0 Å². The van der Waals surface area contributed by atoms with Crippen LogP contribution in [-0.2, 0) is 12.5 Å². The molecule has 0 spiro atoms. The van der Waals surface area contributed by atoms with Crippen molar-refractivity contribution < 1.29 is 4.74 Å². The second kappa shape index (κ2) is 3.61. The lowest BCUT2D eigenvalue weighted by Gasteiger charge is -2.23. The SMILES string of the molecule is COc1c(C(C)(C)CN)c(C)nn1C. The molecule has 0 saturated heterocycles. The average molecular weight is 197 g/mol. The summed E-state index contributed by atoms with van der Waals surface area (Å²) >= 11 is 0. The Morgan fingerprint density at radius 3 is 2.50 bits per heavy atom. The van der Waals surface area contributed by atoms with Gasteiger partial charge in [0.1, 0.15) is 0 Å². The predicted molar refractivity (Wildman–Crippen MR) is 56.6 cm³/mol. The maximum absolute atomic E-state index is 5.75. The van der Waals surface area contributed by atoms with Crippen LogP contribution in [-0.4, -0.2) is 23.4 Å². The summed E-state index contributed by atoms with van der Waals surface area (Å²) in [6.07, 6.45) is 0. The van der Waals surface area contributed by atoms with Crippen molar-refractivity contribution in [2.24, 2.45) is 12.8 Å². The Balaban J connectivity index is 3.32. The van der Waals surface area contributed by atoms with Crippen molar-refractivity contribution in [3.8, 4) is 5.88 Å². The number of aryl methyl sites for hydroxylation is 2. The number of hydrogen-bond acceptors (Lipinski definition) is 3. The van der Waals surface area contributed by atoms with Gasteiger partial charge in [-0.1, -0.05) is 13.8 Å². The second-order valence-corrected chi connectivity index (χ2v) is 4.18. The standard InChI is InChI=1S/C10H19N3O/c1-7-8(10(2,3)6-11)9(14-5)13(4)12-7/h6,11H2,1-5H3. The molecule has 0 unspecified atom stereocenters. The van der Waals surface area contributed by atoms with Crippen molar-refractivity contribution in [3.05, 3.63) is 11.3 Å². The van der Waals surface area contributed by atoms with E-state index in [4.69, 9.17) is 10.5 Å². The number of ether oxygens (including phenoxy) is 1. The van der Waals surface area contributed by atoms with Gasteiger partial charge in [-0.25, -0.2) is 4.68 Å². The fraction of sp³-hybridized carbons (Fsp3) is 0.700. The van der Waals surface area contributed by atoms with Gasteiger partial charge in [0.05, 0.1) is 12.8 Å². The minimum atomic E-state index is -0.0936. The van der Waals surface area contributed by atoms with Gasteiger partial charge < -0.3 is 10.5 Å². The zero-order valence-electron chi connectivity index (χ0n) is 9.59. The second-order valence-electron chi connectivity index (χ2n) is 4.18. The number of hydrogen-bond donors (Lipinski definition) is 1. The van der Waals surface area contributed by atoms with E-state index < -0.39 is 0 Å². The van der Waals surface area contributed by atoms with Gasteiger partial charge in [-0.2, -0.15) is 5.10 Å². The first-order chi connectivity index (χ1) is 6.44. The Morgan fingerprint density at radius 2 is 2.07 bits per heavy atom. The molecule has 1 rings (SSSR count). The summed E-state index contributed by atoms with van der Waals surface area (Å²) in [7, 11) is 3.54. The van der Waals surface area contributed by atoms with Crippen LogP contribution in [0, 0.1) is 6.92 Å². The highest BCUT2D eigenvalue weighted by Crippen LogP contribution is 2.32. The van der Waals surface area contributed by atoms with E-state index in [2.05, 4.69) is 18.9 Å². The first-order valence-corrected chi connectivity index (χ1v) is 4.72. The molecule has 0 atom stereocenters. The number of methoxy groups -OCH3 is 1. The molecule has 0 bridgehead atoms. The lowest BCUT2D eigenvalue weighted by molar-refractivity contribution is 0.358. The van der Waals surface area contributed by atoms with Crippen LogP contribution in [0.25, 0.3) is 0 Å². The van der Waals surface area contributed by atoms with Crippen LogP contribution in [0.4, 0.5) is 0 Å². The van der Waals surface area contributed by atoms with Crippen LogP contribution in [0.5, 0.6) is 5.88 Å². The molecule has 4 nitrogen and oxygen atoms in total. The minimum Gasteiger partial charge on any atom is -0.481 e. The highest BCUT2D eigenvalue weighted by atomic mass is 16.5. The van der Waals surface area contributed by atoms with E-state index in [-0.39, 0.29) is 5.41 Å². The molecule has 1 aromatic rings. The van der Waals surface area contributed by atoms with Crippen LogP contribution in [0.1, 0.15) is 25.1 Å². The molecule has 0 radical (unpaired) electrons. The third kappa shape index (κ3) is 1.62. The van der Waals surface area contributed by atoms with E-state index in [1.807, 2.05) is 14.0 Å². The third-order valence-electron chi connectivity index (χ3n) is 2.55. The molecule has 0 aromatic carbocycles. The van der Waals surface area contributed by atoms with E-state index in [1.54, 1.807) is 11.8 Å². The molecule has 1 aromatic heterocycles. The average Bonchev–Trinajstić information content (AvgIpc) is 2.40. The Hall–Kier alpha value is -1.03. The van der Waals surface area contributed by atoms with Gasteiger partial charge in [0.2, 0.25) is 5.88 Å². The van der Waals surface area contributed by atoms with Crippen molar-refractivity contribution in [1.82, 2.24) is 9.78 Å². The predicted octanol–water partition coefficient (Wildman–Crippen LogP) is 0.973. The molecule has 0 aliphatic heterocycles. The molecular weight excluding hydrogens is 178 g/mol. The van der Waals surface area contributed by atoms with Crippen LogP contribution in [0.15, 0.2) is 0 Å². The number of nitrogens with zero attached hydrogens (tertiary/aromatic N) is 2. The summed E-state index contributed by atoms with van der Waals surface area (Å²) in [5.74, 6) is 0.804. The van der Waals surface area contributed by atoms with Gasteiger partial charge in [-0.3, -0.25) is 0 Å². The summed E-state index contributed by atoms with van der Waals surface area (Å²) < 4.78 is 7.08. The van der Waals surface area contributed by atoms with Gasteiger partial charge >= 0.3 is 0 Å². The quantitative estimate of drug-likeness (QED) is 0.785. The lowest BCUT2D eigenvalue weighted by Crippen LogP contribution is -2.29. The van der Waals surface area contributed by atoms with Crippen molar-refractivity contribution in [3.63, 3.8) is 0 Å². The normalized spacial score (nSPS) is 11.9. The molecule has 0 amide bonds. The van der Waals surface area contributed by atoms with Crippen LogP contribution >= 0.6 is 0 Å². The molecule has 1 heterocycles. The molecule has 14 heavy (non-hydrogen) atoms. The zero-order chi connectivity index (χ0) is 10.9. The van der Waals surface area contributed by atoms with E-state index in [9.17, 15) is 0 Å². The third-order valence-corrected chi connectivity index (χ3v) is 2.55. The Labute approximate surface area is 85.0 Å². The molecular formula is C10H19N3O. The van der Waals surface area contributed by atoms with Crippen LogP contribution < -0.4 is 10.5 Å². The highest BCUT2D eigenvalue weighted by Gasteiger charge is 2.28. The fourth-order valence-corrected chi connectivity index (χ4v) is 1.75. The highest BCUT2D eigenvalue weighted by molar-refractivity contribution is 5.37. The molecule has 0 aliphatic carbocycles. The Bertz CT molecular complexity index is 328. The first kappa shape index (κ1) is 11.0. The number of aromatic nitrogens is 2. The van der Waals surface area contributed by atoms with E-state index in [1.165, 1.54) is 0 Å². The van der Waals surface area contributed by atoms with E-state index in [0.717, 1.165) is 17.1 Å².